The number of halogens is 1. The van der Waals surface area contributed by atoms with Crippen LogP contribution in [0, 0.1) is 0 Å². The molecule has 0 aliphatic carbocycles. The summed E-state index contributed by atoms with van der Waals surface area (Å²) >= 11 is 1.52. The lowest BCUT2D eigenvalue weighted by Gasteiger charge is -2.29. The van der Waals surface area contributed by atoms with E-state index in [-0.39, 0.29) is 23.7 Å². The normalized spacial score (nSPS) is 24.8. The minimum Gasteiger partial charge on any atom is -0.480 e. The van der Waals surface area contributed by atoms with Gasteiger partial charge in [0, 0.05) is 5.75 Å². The topological polar surface area (TPSA) is 95.9 Å². The molecule has 1 amide bonds. The molecule has 7 nitrogen and oxygen atoms in total. The van der Waals surface area contributed by atoms with Gasteiger partial charge in [0.15, 0.2) is 0 Å². The van der Waals surface area contributed by atoms with Crippen molar-refractivity contribution in [3.05, 3.63) is 35.9 Å². The first-order valence-corrected chi connectivity index (χ1v) is 10.6. The van der Waals surface area contributed by atoms with E-state index in [1.54, 1.807) is 0 Å². The maximum Gasteiger partial charge on any atom is 0.327 e. The number of aryl methyl sites for hydroxylation is 1. The van der Waals surface area contributed by atoms with Crippen molar-refractivity contribution in [3.8, 4) is 0 Å². The Morgan fingerprint density at radius 2 is 2.03 bits per heavy atom. The quantitative estimate of drug-likeness (QED) is 0.624. The number of hydrogen-bond donors (Lipinski definition) is 2. The Morgan fingerprint density at radius 1 is 1.31 bits per heavy atom. The molecule has 2 aliphatic heterocycles. The van der Waals surface area contributed by atoms with Gasteiger partial charge in [-0.25, -0.2) is 4.79 Å². The van der Waals surface area contributed by atoms with Crippen molar-refractivity contribution in [3.63, 3.8) is 0 Å². The van der Waals surface area contributed by atoms with Crippen LogP contribution in [0.4, 0.5) is 0 Å². The Kier molecular flexibility index (Phi) is 8.79. The molecule has 0 radical (unpaired) electrons. The number of amides is 1. The van der Waals surface area contributed by atoms with Crippen molar-refractivity contribution >= 4 is 42.0 Å². The maximum absolute atomic E-state index is 13.1. The second-order valence-corrected chi connectivity index (χ2v) is 8.35. The highest BCUT2D eigenvalue weighted by Crippen LogP contribution is 2.35. The summed E-state index contributed by atoms with van der Waals surface area (Å²) in [4.78, 5) is 38.4. The van der Waals surface area contributed by atoms with Gasteiger partial charge >= 0.3 is 11.9 Å². The zero-order valence-corrected chi connectivity index (χ0v) is 17.9. The van der Waals surface area contributed by atoms with Crippen LogP contribution in [0.5, 0.6) is 0 Å². The van der Waals surface area contributed by atoms with Crippen LogP contribution in [0.2, 0.25) is 0 Å². The lowest BCUT2D eigenvalue weighted by Crippen LogP contribution is -2.55. The largest absolute Gasteiger partial charge is 0.480 e. The summed E-state index contributed by atoms with van der Waals surface area (Å²) in [5, 5.41) is 12.5. The Hall–Kier alpha value is -1.77. The molecule has 9 heteroatoms. The fraction of sp³-hybridized carbons (Fsp3) is 0.550. The summed E-state index contributed by atoms with van der Waals surface area (Å²) in [6.07, 6.45) is 3.33. The van der Waals surface area contributed by atoms with Crippen LogP contribution < -0.4 is 5.32 Å². The Bertz CT molecular complexity index is 720. The first kappa shape index (κ1) is 23.5. The molecule has 0 saturated carbocycles. The molecule has 0 aromatic heterocycles. The number of methoxy groups -OCH3 is 1. The van der Waals surface area contributed by atoms with E-state index in [1.807, 2.05) is 30.3 Å². The lowest BCUT2D eigenvalue weighted by molar-refractivity contribution is -0.150. The fourth-order valence-electron chi connectivity index (χ4n) is 3.84. The van der Waals surface area contributed by atoms with Crippen LogP contribution >= 0.6 is 24.2 Å². The standard InChI is InChI=1S/C20H26N2O5S.ClH/c1-27-20(26)15(11-10-13-6-3-2-4-7-13)21-14-8-5-9-17-22(18(14)23)16(12-28-17)19(24)25;/h2-4,6-7,14-17,21H,5,8-12H2,1H3,(H,24,25);1H/t14-,15?,16-,17-;/m0./s1. The van der Waals surface area contributed by atoms with Gasteiger partial charge in [-0.15, -0.1) is 24.2 Å². The number of esters is 1. The molecule has 1 aromatic rings. The van der Waals surface area contributed by atoms with Crippen molar-refractivity contribution in [2.24, 2.45) is 0 Å². The van der Waals surface area contributed by atoms with Gasteiger partial charge in [0.05, 0.1) is 18.5 Å². The van der Waals surface area contributed by atoms with Gasteiger partial charge in [-0.3, -0.25) is 14.9 Å². The van der Waals surface area contributed by atoms with Crippen LogP contribution in [-0.4, -0.2) is 64.2 Å². The summed E-state index contributed by atoms with van der Waals surface area (Å²) < 4.78 is 4.93. The minimum absolute atomic E-state index is 0. The van der Waals surface area contributed by atoms with E-state index < -0.39 is 30.1 Å². The molecule has 29 heavy (non-hydrogen) atoms. The number of carboxylic acids is 1. The average Bonchev–Trinajstić information content (AvgIpc) is 3.07. The van der Waals surface area contributed by atoms with E-state index >= 15 is 0 Å². The summed E-state index contributed by atoms with van der Waals surface area (Å²) in [5.41, 5.74) is 1.10. The molecule has 160 valence electrons. The molecular weight excluding hydrogens is 416 g/mol. The summed E-state index contributed by atoms with van der Waals surface area (Å²) in [6, 6.07) is 7.82. The predicted molar refractivity (Wildman–Crippen MR) is 113 cm³/mol. The van der Waals surface area contributed by atoms with E-state index in [0.717, 1.165) is 18.4 Å². The van der Waals surface area contributed by atoms with Crippen molar-refractivity contribution < 1.29 is 24.2 Å². The number of benzene rings is 1. The van der Waals surface area contributed by atoms with E-state index in [9.17, 15) is 19.5 Å². The first-order chi connectivity index (χ1) is 13.5. The molecule has 3 rings (SSSR count). The van der Waals surface area contributed by atoms with Crippen LogP contribution in [0.3, 0.4) is 0 Å². The van der Waals surface area contributed by atoms with Gasteiger partial charge in [-0.05, 0) is 37.7 Å². The summed E-state index contributed by atoms with van der Waals surface area (Å²) in [7, 11) is 1.34. The first-order valence-electron chi connectivity index (χ1n) is 9.55. The van der Waals surface area contributed by atoms with E-state index in [4.69, 9.17) is 4.74 Å². The van der Waals surface area contributed by atoms with Crippen molar-refractivity contribution in [1.82, 2.24) is 10.2 Å². The number of carbonyl (C=O) groups excluding carboxylic acids is 2. The second-order valence-electron chi connectivity index (χ2n) is 7.14. The number of aliphatic carboxylic acids is 1. The highest BCUT2D eigenvalue weighted by atomic mass is 35.5. The molecule has 4 atom stereocenters. The Balaban J connectivity index is 0.00000300. The molecule has 2 N–H and O–H groups in total. The van der Waals surface area contributed by atoms with Crippen LogP contribution in [0.25, 0.3) is 0 Å². The number of thioether (sulfide) groups is 1. The summed E-state index contributed by atoms with van der Waals surface area (Å²) in [5.74, 6) is -1.20. The van der Waals surface area contributed by atoms with E-state index in [0.29, 0.717) is 25.0 Å². The van der Waals surface area contributed by atoms with Crippen molar-refractivity contribution in [1.29, 1.82) is 0 Å². The number of carbonyl (C=O) groups is 3. The number of rotatable bonds is 7. The third-order valence-corrected chi connectivity index (χ3v) is 6.68. The number of carboxylic acid groups (broad SMARTS) is 1. The fourth-order valence-corrected chi connectivity index (χ4v) is 5.29. The molecule has 0 spiro atoms. The van der Waals surface area contributed by atoms with Gasteiger partial charge < -0.3 is 14.7 Å². The third-order valence-electron chi connectivity index (χ3n) is 5.33. The zero-order valence-electron chi connectivity index (χ0n) is 16.3. The van der Waals surface area contributed by atoms with E-state index in [1.165, 1.54) is 23.8 Å². The Morgan fingerprint density at radius 3 is 2.69 bits per heavy atom. The lowest BCUT2D eigenvalue weighted by atomic mass is 10.0. The summed E-state index contributed by atoms with van der Waals surface area (Å²) in [6.45, 7) is 0. The number of nitrogens with zero attached hydrogens (tertiary/aromatic N) is 1. The number of fused-ring (bicyclic) bond motifs is 1. The van der Waals surface area contributed by atoms with Crippen LogP contribution in [0.15, 0.2) is 30.3 Å². The van der Waals surface area contributed by atoms with E-state index in [2.05, 4.69) is 5.32 Å². The molecular formula is C20H27ClN2O5S. The molecule has 1 aromatic carbocycles. The highest BCUT2D eigenvalue weighted by molar-refractivity contribution is 8.00. The zero-order chi connectivity index (χ0) is 20.1. The minimum atomic E-state index is -0.974. The SMILES string of the molecule is COC(=O)C(CCc1ccccc1)N[C@H]1CCC[C@@H]2SC[C@@H](C(=O)O)N2C1=O.Cl. The monoisotopic (exact) mass is 442 g/mol. The van der Waals surface area contributed by atoms with Gasteiger partial charge in [0.25, 0.3) is 0 Å². The van der Waals surface area contributed by atoms with Gasteiger partial charge in [0.2, 0.25) is 5.91 Å². The molecule has 2 fully saturated rings. The molecule has 0 bridgehead atoms. The Labute approximate surface area is 181 Å². The van der Waals surface area contributed by atoms with Crippen LogP contribution in [-0.2, 0) is 25.5 Å². The molecule has 2 aliphatic rings. The van der Waals surface area contributed by atoms with Crippen molar-refractivity contribution in [2.75, 3.05) is 12.9 Å². The molecule has 2 saturated heterocycles. The number of hydrogen-bond acceptors (Lipinski definition) is 6. The van der Waals surface area contributed by atoms with Gasteiger partial charge in [0.1, 0.15) is 12.1 Å². The average molecular weight is 443 g/mol. The van der Waals surface area contributed by atoms with Crippen LogP contribution in [0.1, 0.15) is 31.2 Å². The second kappa shape index (κ2) is 10.8. The predicted octanol–water partition coefficient (Wildman–Crippen LogP) is 2.08. The highest BCUT2D eigenvalue weighted by Gasteiger charge is 2.45. The van der Waals surface area contributed by atoms with Gasteiger partial charge in [-0.1, -0.05) is 30.3 Å². The number of ether oxygens (including phenoxy) is 1. The van der Waals surface area contributed by atoms with Crippen molar-refractivity contribution in [2.45, 2.75) is 55.6 Å². The molecule has 1 unspecified atom stereocenters. The molecule has 2 heterocycles. The number of nitrogens with one attached hydrogen (secondary N) is 1. The van der Waals surface area contributed by atoms with Gasteiger partial charge in [-0.2, -0.15) is 0 Å². The smallest absolute Gasteiger partial charge is 0.327 e. The maximum atomic E-state index is 13.1. The third kappa shape index (κ3) is 5.65.